The molecule has 0 unspecified atom stereocenters. The summed E-state index contributed by atoms with van der Waals surface area (Å²) in [6.45, 7) is -1.04. The van der Waals surface area contributed by atoms with Crippen LogP contribution in [0.1, 0.15) is 0 Å². The third-order valence-electron chi connectivity index (χ3n) is 0.756. The van der Waals surface area contributed by atoms with Crippen molar-refractivity contribution in [1.82, 2.24) is 0 Å². The molecule has 4 nitrogen and oxygen atoms in total. The summed E-state index contributed by atoms with van der Waals surface area (Å²) in [6, 6.07) is 0. The molecule has 68 valence electrons. The molecule has 11 heavy (non-hydrogen) atoms. The molecule has 0 aliphatic heterocycles. The molecule has 0 amide bonds. The molecular formula is C4H9F2NO3S. The summed E-state index contributed by atoms with van der Waals surface area (Å²) < 4.78 is 47.3. The van der Waals surface area contributed by atoms with Crippen LogP contribution in [-0.2, 0) is 14.8 Å². The lowest BCUT2D eigenvalue weighted by atomic mass is 10.7. The first-order chi connectivity index (χ1) is 4.92. The summed E-state index contributed by atoms with van der Waals surface area (Å²) in [4.78, 5) is 0. The van der Waals surface area contributed by atoms with Gasteiger partial charge in [-0.3, -0.25) is 0 Å². The Balaban J connectivity index is 3.30. The van der Waals surface area contributed by atoms with Crippen molar-refractivity contribution >= 4 is 10.0 Å². The molecule has 0 aliphatic rings. The zero-order valence-electron chi connectivity index (χ0n) is 5.66. The Morgan fingerprint density at radius 2 is 2.00 bits per heavy atom. The van der Waals surface area contributed by atoms with Crippen molar-refractivity contribution in [3.05, 3.63) is 0 Å². The van der Waals surface area contributed by atoms with Gasteiger partial charge in [0, 0.05) is 0 Å². The average molecular weight is 189 g/mol. The number of hydrogen-bond donors (Lipinski definition) is 1. The van der Waals surface area contributed by atoms with E-state index in [0.717, 1.165) is 0 Å². The topological polar surface area (TPSA) is 69.4 Å². The van der Waals surface area contributed by atoms with E-state index in [4.69, 9.17) is 0 Å². The van der Waals surface area contributed by atoms with Gasteiger partial charge in [0.15, 0.2) is 0 Å². The van der Waals surface area contributed by atoms with E-state index in [0.29, 0.717) is 0 Å². The Labute approximate surface area is 63.4 Å². The van der Waals surface area contributed by atoms with Crippen molar-refractivity contribution in [2.24, 2.45) is 5.14 Å². The lowest BCUT2D eigenvalue weighted by Gasteiger charge is -2.00. The van der Waals surface area contributed by atoms with Crippen LogP contribution in [0.5, 0.6) is 0 Å². The van der Waals surface area contributed by atoms with Crippen LogP contribution in [0.3, 0.4) is 0 Å². The van der Waals surface area contributed by atoms with Gasteiger partial charge < -0.3 is 4.74 Å². The van der Waals surface area contributed by atoms with Crippen LogP contribution in [0.15, 0.2) is 0 Å². The molecule has 0 fully saturated rings. The molecule has 7 heteroatoms. The number of primary sulfonamides is 1. The van der Waals surface area contributed by atoms with Gasteiger partial charge in [0.1, 0.15) is 6.61 Å². The number of halogens is 2. The average Bonchev–Trinajstić information content (AvgIpc) is 1.78. The number of nitrogens with two attached hydrogens (primary N) is 1. The van der Waals surface area contributed by atoms with Crippen LogP contribution in [0.2, 0.25) is 0 Å². The van der Waals surface area contributed by atoms with E-state index >= 15 is 0 Å². The zero-order valence-corrected chi connectivity index (χ0v) is 6.48. The number of alkyl halides is 2. The Bertz CT molecular complexity index is 192. The number of ether oxygens (including phenoxy) is 1. The Morgan fingerprint density at radius 3 is 2.36 bits per heavy atom. The lowest BCUT2D eigenvalue weighted by Crippen LogP contribution is -2.21. The molecule has 0 rings (SSSR count). The molecular weight excluding hydrogens is 180 g/mol. The van der Waals surface area contributed by atoms with E-state index in [1.54, 1.807) is 0 Å². The van der Waals surface area contributed by atoms with Gasteiger partial charge in [0.2, 0.25) is 10.0 Å². The van der Waals surface area contributed by atoms with Crippen LogP contribution >= 0.6 is 0 Å². The largest absolute Gasteiger partial charge is 0.374 e. The molecule has 0 aromatic rings. The van der Waals surface area contributed by atoms with Crippen molar-refractivity contribution in [3.8, 4) is 0 Å². The van der Waals surface area contributed by atoms with Crippen molar-refractivity contribution in [2.45, 2.75) is 6.43 Å². The molecule has 2 N–H and O–H groups in total. The highest BCUT2D eigenvalue weighted by molar-refractivity contribution is 7.89. The van der Waals surface area contributed by atoms with Gasteiger partial charge in [-0.2, -0.15) is 0 Å². The first-order valence-corrected chi connectivity index (χ1v) is 4.50. The highest BCUT2D eigenvalue weighted by Crippen LogP contribution is 1.92. The fourth-order valence-corrected chi connectivity index (χ4v) is 0.698. The first kappa shape index (κ1) is 10.7. The molecule has 0 atom stereocenters. The third-order valence-corrected chi connectivity index (χ3v) is 1.49. The monoisotopic (exact) mass is 189 g/mol. The fourth-order valence-electron chi connectivity index (χ4n) is 0.347. The Kier molecular flexibility index (Phi) is 4.46. The van der Waals surface area contributed by atoms with Crippen LogP contribution in [0.4, 0.5) is 8.78 Å². The molecule has 0 saturated carbocycles. The smallest absolute Gasteiger partial charge is 0.261 e. The van der Waals surface area contributed by atoms with Gasteiger partial charge in [-0.15, -0.1) is 0 Å². The highest BCUT2D eigenvalue weighted by atomic mass is 32.2. The summed E-state index contributed by atoms with van der Waals surface area (Å²) in [7, 11) is -3.59. The third kappa shape index (κ3) is 9.73. The van der Waals surface area contributed by atoms with Crippen molar-refractivity contribution in [1.29, 1.82) is 0 Å². The fraction of sp³-hybridized carbons (Fsp3) is 1.00. The molecule has 0 spiro atoms. The van der Waals surface area contributed by atoms with Crippen molar-refractivity contribution < 1.29 is 21.9 Å². The number of rotatable bonds is 5. The predicted molar refractivity (Wildman–Crippen MR) is 34.8 cm³/mol. The zero-order chi connectivity index (χ0) is 8.91. The minimum atomic E-state index is -3.59. The molecule has 0 aromatic carbocycles. The standard InChI is InChI=1S/C4H9F2NO3S/c5-4(6)3-10-1-2-11(7,8)9/h4H,1-3H2,(H2,7,8,9). The molecule has 0 aliphatic carbocycles. The quantitative estimate of drug-likeness (QED) is 0.596. The van der Waals surface area contributed by atoms with E-state index in [9.17, 15) is 17.2 Å². The normalized spacial score (nSPS) is 12.4. The number of hydrogen-bond acceptors (Lipinski definition) is 3. The van der Waals surface area contributed by atoms with Crippen molar-refractivity contribution in [3.63, 3.8) is 0 Å². The van der Waals surface area contributed by atoms with Crippen LogP contribution in [0.25, 0.3) is 0 Å². The van der Waals surface area contributed by atoms with Gasteiger partial charge in [-0.1, -0.05) is 0 Å². The van der Waals surface area contributed by atoms with E-state index < -0.39 is 28.8 Å². The van der Waals surface area contributed by atoms with Gasteiger partial charge >= 0.3 is 0 Å². The van der Waals surface area contributed by atoms with E-state index in [-0.39, 0.29) is 6.61 Å². The maximum absolute atomic E-state index is 11.3. The van der Waals surface area contributed by atoms with Crippen LogP contribution in [-0.4, -0.2) is 33.8 Å². The van der Waals surface area contributed by atoms with Gasteiger partial charge in [0.25, 0.3) is 6.43 Å². The number of sulfonamides is 1. The molecule has 0 bridgehead atoms. The van der Waals surface area contributed by atoms with Crippen LogP contribution < -0.4 is 5.14 Å². The first-order valence-electron chi connectivity index (χ1n) is 2.78. The van der Waals surface area contributed by atoms with Crippen LogP contribution in [0, 0.1) is 0 Å². The molecule has 0 saturated heterocycles. The summed E-state index contributed by atoms with van der Waals surface area (Å²) >= 11 is 0. The minimum Gasteiger partial charge on any atom is -0.374 e. The highest BCUT2D eigenvalue weighted by Gasteiger charge is 2.05. The van der Waals surface area contributed by atoms with E-state index in [1.807, 2.05) is 0 Å². The van der Waals surface area contributed by atoms with Gasteiger partial charge in [-0.25, -0.2) is 22.3 Å². The molecule has 0 aromatic heterocycles. The summed E-state index contributed by atoms with van der Waals surface area (Å²) in [5, 5.41) is 4.56. The maximum Gasteiger partial charge on any atom is 0.261 e. The summed E-state index contributed by atoms with van der Waals surface area (Å²) in [5.41, 5.74) is 0. The molecule has 0 radical (unpaired) electrons. The van der Waals surface area contributed by atoms with Gasteiger partial charge in [0.05, 0.1) is 12.4 Å². The SMILES string of the molecule is NS(=O)(=O)CCOCC(F)F. The molecule has 0 heterocycles. The maximum atomic E-state index is 11.3. The Morgan fingerprint density at radius 1 is 1.45 bits per heavy atom. The van der Waals surface area contributed by atoms with E-state index in [1.165, 1.54) is 0 Å². The Hall–Kier alpha value is -0.270. The minimum absolute atomic E-state index is 0.289. The van der Waals surface area contributed by atoms with E-state index in [2.05, 4.69) is 9.88 Å². The second-order valence-electron chi connectivity index (χ2n) is 1.83. The lowest BCUT2D eigenvalue weighted by molar-refractivity contribution is 0.0234. The summed E-state index contributed by atoms with van der Waals surface area (Å²) in [5.74, 6) is -0.431. The van der Waals surface area contributed by atoms with Crippen molar-refractivity contribution in [2.75, 3.05) is 19.0 Å². The predicted octanol–water partition coefficient (Wildman–Crippen LogP) is -0.443. The van der Waals surface area contributed by atoms with Gasteiger partial charge in [-0.05, 0) is 0 Å². The second-order valence-corrected chi connectivity index (χ2v) is 3.57. The summed E-state index contributed by atoms with van der Waals surface area (Å²) in [6.07, 6.45) is -2.57. The second kappa shape index (κ2) is 4.58.